The highest BCUT2D eigenvalue weighted by Gasteiger charge is 2.65. The van der Waals surface area contributed by atoms with Crippen LogP contribution in [0.2, 0.25) is 0 Å². The second kappa shape index (κ2) is 20.8. The molecule has 3 aromatic carbocycles. The van der Waals surface area contributed by atoms with Crippen molar-refractivity contribution >= 4 is 11.6 Å². The molecule has 0 aromatic heterocycles. The first-order valence-corrected chi connectivity index (χ1v) is 22.2. The quantitative estimate of drug-likeness (QED) is 0.0626. The van der Waals surface area contributed by atoms with Crippen molar-refractivity contribution in [2.45, 2.75) is 114 Å². The van der Waals surface area contributed by atoms with Gasteiger partial charge in [0.05, 0.1) is 18.2 Å². The molecule has 4 aliphatic rings. The number of rotatable bonds is 21. The van der Waals surface area contributed by atoms with E-state index in [-0.39, 0.29) is 62.5 Å². The molecule has 2 N–H and O–H groups in total. The minimum atomic E-state index is -1.31. The van der Waals surface area contributed by atoms with Crippen molar-refractivity contribution in [2.75, 3.05) is 26.9 Å². The van der Waals surface area contributed by atoms with Crippen molar-refractivity contribution in [3.05, 3.63) is 120 Å². The zero-order valence-electron chi connectivity index (χ0n) is 35.2. The number of benzene rings is 3. The van der Waals surface area contributed by atoms with E-state index in [0.717, 1.165) is 54.5 Å². The van der Waals surface area contributed by atoms with E-state index in [1.807, 2.05) is 60.5 Å². The van der Waals surface area contributed by atoms with Gasteiger partial charge in [0.15, 0.2) is 0 Å². The van der Waals surface area contributed by atoms with Crippen LogP contribution in [-0.2, 0) is 27.6 Å². The molecule has 0 saturated heterocycles. The number of nitrogens with zero attached hydrogens (tertiary/aromatic N) is 2. The highest BCUT2D eigenvalue weighted by molar-refractivity contribution is 6.03. The van der Waals surface area contributed by atoms with E-state index in [1.54, 1.807) is 24.3 Å². The predicted octanol–water partition coefficient (Wildman–Crippen LogP) is 9.67. The molecule has 322 valence electrons. The Morgan fingerprint density at radius 3 is 2.47 bits per heavy atom. The number of unbranched alkanes of at least 4 members (excludes halogenated alkanes) is 2. The fraction of sp³-hybridized carbons (Fsp3) is 0.520. The standard InChI is InChI=1S/C50H63FN2O7/c1-3-29-58-50-46(53(2)47(56)26-23-35-15-7-8-16-35)32-44(52-59-33-36-17-5-4-6-18-36)41-30-37(19-11-13-27-54)40(21-12-14-28-55)48(49(41)50)42-31-39(24-25-45(42)60-50)57-34-38-20-9-10-22-43(38)51/h3-6,9-10,17-18,20,22,24-25,30-31,35,37,40,46,48-49,54-55H,1,7-8,11-16,19,21,23,26-29,32-34H2,2H3. The van der Waals surface area contributed by atoms with Gasteiger partial charge in [0, 0.05) is 50.1 Å². The molecular weight excluding hydrogens is 760 g/mol. The molecule has 2 fully saturated rings. The predicted molar refractivity (Wildman–Crippen MR) is 231 cm³/mol. The van der Waals surface area contributed by atoms with Crippen LogP contribution in [0.3, 0.4) is 0 Å². The van der Waals surface area contributed by atoms with Crippen LogP contribution in [0.15, 0.2) is 102 Å². The zero-order chi connectivity index (χ0) is 41.9. The molecule has 1 amide bonds. The summed E-state index contributed by atoms with van der Waals surface area (Å²) in [4.78, 5) is 22.4. The number of amides is 1. The summed E-state index contributed by atoms with van der Waals surface area (Å²) < 4.78 is 35.4. The number of carbonyl (C=O) groups excluding carboxylic acids is 1. The normalized spacial score (nSPS) is 25.2. The Hall–Kier alpha value is -4.51. The van der Waals surface area contributed by atoms with Crippen molar-refractivity contribution in [3.63, 3.8) is 0 Å². The molecule has 0 spiro atoms. The number of oxime groups is 1. The summed E-state index contributed by atoms with van der Waals surface area (Å²) in [6, 6.07) is 21.8. The number of halogens is 1. The summed E-state index contributed by atoms with van der Waals surface area (Å²) in [6.45, 7) is 4.80. The molecule has 0 bridgehead atoms. The van der Waals surface area contributed by atoms with Crippen LogP contribution in [0.1, 0.15) is 106 Å². The summed E-state index contributed by atoms with van der Waals surface area (Å²) in [5, 5.41) is 24.7. The second-order valence-corrected chi connectivity index (χ2v) is 17.1. The van der Waals surface area contributed by atoms with Crippen molar-refractivity contribution in [2.24, 2.45) is 28.8 Å². The number of hydrogen-bond donors (Lipinski definition) is 2. The minimum Gasteiger partial charge on any atom is -0.489 e. The lowest BCUT2D eigenvalue weighted by Gasteiger charge is -2.59. The third kappa shape index (κ3) is 9.82. The van der Waals surface area contributed by atoms with Gasteiger partial charge in [0.25, 0.3) is 0 Å². The highest BCUT2D eigenvalue weighted by atomic mass is 19.1. The SMILES string of the molecule is C=CCOC12Oc3ccc(OCc4ccccc4F)cc3C3C(CCCCO)C(CCCCO)C=C(C(=NOCc4ccccc4)CC1N(C)C(=O)CCC1CCCC1)C32. The molecule has 9 nitrogen and oxygen atoms in total. The summed E-state index contributed by atoms with van der Waals surface area (Å²) in [6.07, 6.45) is 15.2. The van der Waals surface area contributed by atoms with Crippen LogP contribution in [0.5, 0.6) is 11.5 Å². The second-order valence-electron chi connectivity index (χ2n) is 17.1. The van der Waals surface area contributed by atoms with Gasteiger partial charge in [-0.15, -0.1) is 6.58 Å². The van der Waals surface area contributed by atoms with Crippen LogP contribution < -0.4 is 9.47 Å². The van der Waals surface area contributed by atoms with Gasteiger partial charge in [0.1, 0.15) is 36.6 Å². The van der Waals surface area contributed by atoms with E-state index < -0.39 is 17.7 Å². The number of likely N-dealkylation sites (N-methyl/N-ethyl adjacent to an activating group) is 1. The largest absolute Gasteiger partial charge is 0.489 e. The van der Waals surface area contributed by atoms with Gasteiger partial charge in [-0.25, -0.2) is 4.39 Å². The Morgan fingerprint density at radius 2 is 1.72 bits per heavy atom. The van der Waals surface area contributed by atoms with E-state index in [2.05, 4.69) is 12.7 Å². The first-order valence-electron chi connectivity index (χ1n) is 22.2. The Balaban J connectivity index is 1.36. The van der Waals surface area contributed by atoms with Gasteiger partial charge in [-0.05, 0) is 85.3 Å². The number of fused-ring (bicyclic) bond motifs is 2. The maximum absolute atomic E-state index is 14.7. The van der Waals surface area contributed by atoms with Gasteiger partial charge in [-0.1, -0.05) is 104 Å². The first-order chi connectivity index (χ1) is 29.4. The summed E-state index contributed by atoms with van der Waals surface area (Å²) in [5.41, 5.74) is 4.16. The van der Waals surface area contributed by atoms with Crippen molar-refractivity contribution < 1.29 is 38.4 Å². The highest BCUT2D eigenvalue weighted by Crippen LogP contribution is 2.62. The van der Waals surface area contributed by atoms with Crippen LogP contribution in [0, 0.1) is 29.5 Å². The van der Waals surface area contributed by atoms with Crippen LogP contribution >= 0.6 is 0 Å². The minimum absolute atomic E-state index is 0.0467. The van der Waals surface area contributed by atoms with Gasteiger partial charge < -0.3 is 34.2 Å². The molecule has 1 heterocycles. The lowest BCUT2D eigenvalue weighted by molar-refractivity contribution is -0.255. The fourth-order valence-electron chi connectivity index (χ4n) is 10.3. The van der Waals surface area contributed by atoms with Crippen molar-refractivity contribution in [1.82, 2.24) is 4.90 Å². The van der Waals surface area contributed by atoms with Crippen molar-refractivity contribution in [3.8, 4) is 11.5 Å². The maximum atomic E-state index is 14.7. The monoisotopic (exact) mass is 822 g/mol. The van der Waals surface area contributed by atoms with E-state index in [9.17, 15) is 19.4 Å². The zero-order valence-corrected chi connectivity index (χ0v) is 35.2. The summed E-state index contributed by atoms with van der Waals surface area (Å²) in [7, 11) is 1.88. The molecule has 0 radical (unpaired) electrons. The average Bonchev–Trinajstić information content (AvgIpc) is 3.80. The molecule has 1 aliphatic heterocycles. The Bertz CT molecular complexity index is 1950. The van der Waals surface area contributed by atoms with Crippen LogP contribution in [0.25, 0.3) is 0 Å². The average molecular weight is 823 g/mol. The summed E-state index contributed by atoms with van der Waals surface area (Å²) >= 11 is 0. The third-order valence-electron chi connectivity index (χ3n) is 13.3. The van der Waals surface area contributed by atoms with Gasteiger partial charge >= 0.3 is 0 Å². The molecule has 3 aliphatic carbocycles. The van der Waals surface area contributed by atoms with Crippen LogP contribution in [-0.4, -0.2) is 65.4 Å². The Morgan fingerprint density at radius 1 is 0.967 bits per heavy atom. The van der Waals surface area contributed by atoms with Gasteiger partial charge in [-0.2, -0.15) is 0 Å². The number of allylic oxidation sites excluding steroid dienone is 1. The smallest absolute Gasteiger partial charge is 0.239 e. The number of ether oxygens (including phenoxy) is 3. The molecule has 7 rings (SSSR count). The number of carbonyl (C=O) groups is 1. The first kappa shape index (κ1) is 43.6. The Labute approximate surface area is 355 Å². The number of hydrogen-bond acceptors (Lipinski definition) is 8. The third-order valence-corrected chi connectivity index (χ3v) is 13.3. The molecule has 10 heteroatoms. The van der Waals surface area contributed by atoms with E-state index in [1.165, 1.54) is 31.7 Å². The van der Waals surface area contributed by atoms with Crippen LogP contribution in [0.4, 0.5) is 4.39 Å². The summed E-state index contributed by atoms with van der Waals surface area (Å²) in [5.74, 6) is -0.202. The fourth-order valence-corrected chi connectivity index (χ4v) is 10.3. The molecule has 3 aromatic rings. The van der Waals surface area contributed by atoms with E-state index >= 15 is 0 Å². The molecule has 2 saturated carbocycles. The molecule has 6 unspecified atom stereocenters. The number of aliphatic hydroxyl groups is 2. The molecular formula is C50H63FN2O7. The molecule has 60 heavy (non-hydrogen) atoms. The van der Waals surface area contributed by atoms with Crippen molar-refractivity contribution in [1.29, 1.82) is 0 Å². The molecule has 6 atom stereocenters. The lowest BCUT2D eigenvalue weighted by Crippen LogP contribution is -2.69. The Kier molecular flexibility index (Phi) is 15.1. The van der Waals surface area contributed by atoms with E-state index in [4.69, 9.17) is 24.2 Å². The van der Waals surface area contributed by atoms with Gasteiger partial charge in [-0.3, -0.25) is 4.79 Å². The van der Waals surface area contributed by atoms with E-state index in [0.29, 0.717) is 48.7 Å². The lowest BCUT2D eigenvalue weighted by atomic mass is 9.55. The van der Waals surface area contributed by atoms with Gasteiger partial charge in [0.2, 0.25) is 11.7 Å². The number of aliphatic hydroxyl groups excluding tert-OH is 2. The maximum Gasteiger partial charge on any atom is 0.239 e. The topological polar surface area (TPSA) is 110 Å².